The fraction of sp³-hybridized carbons (Fsp3) is 0.440. The van der Waals surface area contributed by atoms with Crippen LogP contribution in [-0.4, -0.2) is 30.3 Å². The number of ether oxygens (including phenoxy) is 2. The molecule has 2 aromatic carbocycles. The zero-order valence-electron chi connectivity index (χ0n) is 18.0. The molecular weight excluding hydrogens is 378 g/mol. The van der Waals surface area contributed by atoms with Crippen LogP contribution in [0.4, 0.5) is 4.79 Å². The van der Waals surface area contributed by atoms with Crippen molar-refractivity contribution in [2.75, 3.05) is 6.54 Å². The molecule has 0 spiro atoms. The van der Waals surface area contributed by atoms with Crippen molar-refractivity contribution in [3.8, 4) is 0 Å². The van der Waals surface area contributed by atoms with Crippen molar-refractivity contribution < 1.29 is 19.1 Å². The van der Waals surface area contributed by atoms with E-state index in [-0.39, 0.29) is 17.5 Å². The molecule has 0 aliphatic heterocycles. The molecule has 1 fully saturated rings. The van der Waals surface area contributed by atoms with Gasteiger partial charge in [-0.05, 0) is 64.2 Å². The van der Waals surface area contributed by atoms with Gasteiger partial charge in [0.15, 0.2) is 0 Å². The number of carbonyl (C=O) groups excluding carboxylic acids is 2. The van der Waals surface area contributed by atoms with E-state index in [4.69, 9.17) is 9.47 Å². The smallest absolute Gasteiger partial charge is 0.407 e. The lowest BCUT2D eigenvalue weighted by Crippen LogP contribution is -2.45. The first-order valence-electron chi connectivity index (χ1n) is 10.6. The predicted octanol–water partition coefficient (Wildman–Crippen LogP) is 5.25. The maximum absolute atomic E-state index is 12.4. The normalized spacial score (nSPS) is 21.5. The van der Waals surface area contributed by atoms with Gasteiger partial charge < -0.3 is 14.8 Å². The second-order valence-electron chi connectivity index (χ2n) is 8.97. The third-order valence-corrected chi connectivity index (χ3v) is 5.53. The number of hydrogen-bond acceptors (Lipinski definition) is 4. The van der Waals surface area contributed by atoms with Crippen molar-refractivity contribution in [1.29, 1.82) is 0 Å². The summed E-state index contributed by atoms with van der Waals surface area (Å²) >= 11 is 0. The minimum Gasteiger partial charge on any atom is -0.459 e. The third kappa shape index (κ3) is 5.85. The number of alkyl carbamates (subject to hydrolysis) is 1. The number of carbonyl (C=O) groups is 2. The lowest BCUT2D eigenvalue weighted by atomic mass is 9.68. The third-order valence-electron chi connectivity index (χ3n) is 5.53. The number of amides is 1. The highest BCUT2D eigenvalue weighted by Crippen LogP contribution is 2.40. The second-order valence-corrected chi connectivity index (χ2v) is 8.97. The van der Waals surface area contributed by atoms with E-state index in [0.29, 0.717) is 12.1 Å². The first-order valence-corrected chi connectivity index (χ1v) is 10.6. The molecule has 5 heteroatoms. The molecule has 1 aliphatic carbocycles. The van der Waals surface area contributed by atoms with Gasteiger partial charge in [-0.2, -0.15) is 0 Å². The maximum atomic E-state index is 12.4. The van der Waals surface area contributed by atoms with E-state index in [1.807, 2.05) is 57.2 Å². The summed E-state index contributed by atoms with van der Waals surface area (Å²) in [6.07, 6.45) is 2.62. The predicted molar refractivity (Wildman–Crippen MR) is 116 cm³/mol. The number of nitrogens with one attached hydrogen (secondary N) is 1. The molecule has 5 nitrogen and oxygen atoms in total. The van der Waals surface area contributed by atoms with Gasteiger partial charge in [0.2, 0.25) is 0 Å². The van der Waals surface area contributed by atoms with E-state index in [2.05, 4.69) is 17.4 Å². The summed E-state index contributed by atoms with van der Waals surface area (Å²) < 4.78 is 11.2. The lowest BCUT2D eigenvalue weighted by Gasteiger charge is -2.40. The van der Waals surface area contributed by atoms with E-state index in [1.54, 1.807) is 12.1 Å². The zero-order chi connectivity index (χ0) is 21.6. The van der Waals surface area contributed by atoms with Gasteiger partial charge in [0.05, 0.1) is 5.56 Å². The summed E-state index contributed by atoms with van der Waals surface area (Å²) in [4.78, 5) is 24.6. The van der Waals surface area contributed by atoms with Crippen molar-refractivity contribution in [3.63, 3.8) is 0 Å². The van der Waals surface area contributed by atoms with Gasteiger partial charge in [0.1, 0.15) is 11.7 Å². The molecule has 1 N–H and O–H groups in total. The standard InChI is InChI=1S/C25H31NO4/c1-24(2,3)30-23(28)26-18-25(20-12-8-5-9-13-20)16-14-21(15-17-25)29-22(27)19-10-6-4-7-11-19/h4-13,21H,14-18H2,1-3H3,(H,26,28)/t21-,25+. The van der Waals surface area contributed by atoms with Crippen LogP contribution in [0.2, 0.25) is 0 Å². The summed E-state index contributed by atoms with van der Waals surface area (Å²) in [5, 5.41) is 2.96. The van der Waals surface area contributed by atoms with Crippen molar-refractivity contribution >= 4 is 12.1 Å². The number of hydrogen-bond donors (Lipinski definition) is 1. The second kappa shape index (κ2) is 9.33. The Bertz CT molecular complexity index is 834. The van der Waals surface area contributed by atoms with Crippen LogP contribution in [0.25, 0.3) is 0 Å². The Balaban J connectivity index is 1.65. The average molecular weight is 410 g/mol. The van der Waals surface area contributed by atoms with E-state index in [9.17, 15) is 9.59 Å². The van der Waals surface area contributed by atoms with Gasteiger partial charge >= 0.3 is 12.1 Å². The van der Waals surface area contributed by atoms with Gasteiger partial charge in [0, 0.05) is 12.0 Å². The summed E-state index contributed by atoms with van der Waals surface area (Å²) in [7, 11) is 0. The Labute approximate surface area is 178 Å². The van der Waals surface area contributed by atoms with Gasteiger partial charge in [-0.15, -0.1) is 0 Å². The molecule has 0 aromatic heterocycles. The molecule has 3 rings (SSSR count). The Morgan fingerprint density at radius 1 is 0.967 bits per heavy atom. The minimum atomic E-state index is -0.534. The molecule has 0 atom stereocenters. The van der Waals surface area contributed by atoms with Crippen LogP contribution in [-0.2, 0) is 14.9 Å². The molecule has 2 aromatic rings. The van der Waals surface area contributed by atoms with Crippen LogP contribution >= 0.6 is 0 Å². The van der Waals surface area contributed by atoms with Gasteiger partial charge in [-0.25, -0.2) is 9.59 Å². The Hall–Kier alpha value is -2.82. The Kier molecular flexibility index (Phi) is 6.80. The highest BCUT2D eigenvalue weighted by atomic mass is 16.6. The molecule has 0 radical (unpaired) electrons. The molecule has 0 heterocycles. The molecular formula is C25H31NO4. The van der Waals surface area contributed by atoms with Crippen LogP contribution in [0.15, 0.2) is 60.7 Å². The number of benzene rings is 2. The monoisotopic (exact) mass is 409 g/mol. The molecule has 0 unspecified atom stereocenters. The van der Waals surface area contributed by atoms with Gasteiger partial charge in [-0.3, -0.25) is 0 Å². The molecule has 1 aliphatic rings. The summed E-state index contributed by atoms with van der Waals surface area (Å²) in [5.41, 5.74) is 1.03. The molecule has 160 valence electrons. The van der Waals surface area contributed by atoms with Crippen LogP contribution in [0.1, 0.15) is 62.4 Å². The molecule has 0 saturated heterocycles. The summed E-state index contributed by atoms with van der Waals surface area (Å²) in [6, 6.07) is 19.3. The van der Waals surface area contributed by atoms with Crippen molar-refractivity contribution in [1.82, 2.24) is 5.32 Å². The zero-order valence-corrected chi connectivity index (χ0v) is 18.0. The van der Waals surface area contributed by atoms with Crippen molar-refractivity contribution in [3.05, 3.63) is 71.8 Å². The lowest BCUT2D eigenvalue weighted by molar-refractivity contribution is 0.0131. The van der Waals surface area contributed by atoms with Crippen LogP contribution in [0, 0.1) is 0 Å². The Morgan fingerprint density at radius 3 is 2.10 bits per heavy atom. The van der Waals surface area contributed by atoms with E-state index in [1.165, 1.54) is 5.56 Å². The molecule has 30 heavy (non-hydrogen) atoms. The SMILES string of the molecule is CC(C)(C)OC(=O)NC[C@]1(c2ccccc2)CC[C@@H](OC(=O)c2ccccc2)CC1. The number of rotatable bonds is 5. The van der Waals surface area contributed by atoms with Gasteiger partial charge in [0.25, 0.3) is 0 Å². The largest absolute Gasteiger partial charge is 0.459 e. The first kappa shape index (κ1) is 21.9. The van der Waals surface area contributed by atoms with Crippen LogP contribution in [0.5, 0.6) is 0 Å². The quantitative estimate of drug-likeness (QED) is 0.685. The van der Waals surface area contributed by atoms with Crippen LogP contribution < -0.4 is 5.32 Å². The van der Waals surface area contributed by atoms with Crippen molar-refractivity contribution in [2.24, 2.45) is 0 Å². The molecule has 1 saturated carbocycles. The fourth-order valence-electron chi connectivity index (χ4n) is 3.97. The topological polar surface area (TPSA) is 64.6 Å². The highest BCUT2D eigenvalue weighted by Gasteiger charge is 2.38. The Morgan fingerprint density at radius 2 is 1.53 bits per heavy atom. The summed E-state index contributed by atoms with van der Waals surface area (Å²) in [6.45, 7) is 6.05. The minimum absolute atomic E-state index is 0.115. The van der Waals surface area contributed by atoms with Gasteiger partial charge in [-0.1, -0.05) is 48.5 Å². The van der Waals surface area contributed by atoms with E-state index >= 15 is 0 Å². The van der Waals surface area contributed by atoms with E-state index in [0.717, 1.165) is 25.7 Å². The fourth-order valence-corrected chi connectivity index (χ4v) is 3.97. The average Bonchev–Trinajstić information content (AvgIpc) is 2.73. The van der Waals surface area contributed by atoms with E-state index < -0.39 is 11.7 Å². The summed E-state index contributed by atoms with van der Waals surface area (Å²) in [5.74, 6) is -0.278. The van der Waals surface area contributed by atoms with Crippen molar-refractivity contribution in [2.45, 2.75) is 63.6 Å². The number of esters is 1. The highest BCUT2D eigenvalue weighted by molar-refractivity contribution is 5.89. The molecule has 1 amide bonds. The van der Waals surface area contributed by atoms with Crippen LogP contribution in [0.3, 0.4) is 0 Å². The maximum Gasteiger partial charge on any atom is 0.407 e. The first-order chi connectivity index (χ1) is 14.3. The molecule has 0 bridgehead atoms.